The molecule has 1 unspecified atom stereocenters. The molecule has 0 spiro atoms. The number of thioether (sulfide) groups is 1. The lowest BCUT2D eigenvalue weighted by Crippen LogP contribution is -2.35. The first kappa shape index (κ1) is 15.9. The maximum Gasteiger partial charge on any atom is 0.313 e. The molecule has 6 heteroatoms. The third kappa shape index (κ3) is 6.50. The van der Waals surface area contributed by atoms with Crippen LogP contribution in [0, 0.1) is 0 Å². The molecular weight excluding hydrogens is 286 g/mol. The number of carbonyl (C=O) groups is 2. The fourth-order valence-electron chi connectivity index (χ4n) is 1.59. The van der Waals surface area contributed by atoms with E-state index in [1.54, 1.807) is 0 Å². The number of hydrogen-bond donors (Lipinski definition) is 2. The molecule has 1 aromatic carbocycles. The summed E-state index contributed by atoms with van der Waals surface area (Å²) in [5, 5.41) is 12.0. The highest BCUT2D eigenvalue weighted by Crippen LogP contribution is 2.16. The van der Waals surface area contributed by atoms with Crippen LogP contribution in [0.5, 0.6) is 0 Å². The Hall–Kier alpha value is -1.20. The van der Waals surface area contributed by atoms with Crippen LogP contribution in [0.4, 0.5) is 0 Å². The molecule has 0 aliphatic heterocycles. The van der Waals surface area contributed by atoms with E-state index in [9.17, 15) is 9.59 Å². The number of amides is 1. The van der Waals surface area contributed by atoms with Crippen molar-refractivity contribution in [2.75, 3.05) is 11.5 Å². The first-order chi connectivity index (χ1) is 8.99. The summed E-state index contributed by atoms with van der Waals surface area (Å²) < 4.78 is 0. The molecule has 0 saturated heterocycles. The molecule has 0 aliphatic carbocycles. The zero-order valence-electron chi connectivity index (χ0n) is 10.6. The van der Waals surface area contributed by atoms with Crippen molar-refractivity contribution in [2.24, 2.45) is 0 Å². The number of rotatable bonds is 7. The Morgan fingerprint density at radius 2 is 2.05 bits per heavy atom. The van der Waals surface area contributed by atoms with Crippen molar-refractivity contribution in [1.29, 1.82) is 0 Å². The normalized spacial score (nSPS) is 11.9. The zero-order valence-corrected chi connectivity index (χ0v) is 12.1. The van der Waals surface area contributed by atoms with Gasteiger partial charge in [-0.2, -0.15) is 0 Å². The molecule has 2 N–H and O–H groups in total. The summed E-state index contributed by atoms with van der Waals surface area (Å²) in [6, 6.07) is 7.45. The van der Waals surface area contributed by atoms with Crippen LogP contribution in [0.3, 0.4) is 0 Å². The van der Waals surface area contributed by atoms with Crippen LogP contribution in [0.1, 0.15) is 12.5 Å². The van der Waals surface area contributed by atoms with E-state index in [-0.39, 0.29) is 23.5 Å². The highest BCUT2D eigenvalue weighted by Gasteiger charge is 2.10. The smallest absolute Gasteiger partial charge is 0.313 e. The van der Waals surface area contributed by atoms with Gasteiger partial charge in [0.1, 0.15) is 0 Å². The van der Waals surface area contributed by atoms with Gasteiger partial charge in [-0.15, -0.1) is 11.8 Å². The minimum Gasteiger partial charge on any atom is -0.481 e. The number of carboxylic acid groups (broad SMARTS) is 1. The first-order valence-corrected chi connectivity index (χ1v) is 7.34. The number of carboxylic acids is 1. The molecule has 19 heavy (non-hydrogen) atoms. The van der Waals surface area contributed by atoms with Gasteiger partial charge in [-0.25, -0.2) is 0 Å². The second-order valence-electron chi connectivity index (χ2n) is 4.15. The molecule has 1 amide bonds. The SMILES string of the molecule is CC(Cc1ccccc1Cl)NC(=O)CSCC(=O)O. The molecule has 0 fully saturated rings. The van der Waals surface area contributed by atoms with Crippen molar-refractivity contribution < 1.29 is 14.7 Å². The molecule has 1 aromatic rings. The second-order valence-corrected chi connectivity index (χ2v) is 5.54. The maximum atomic E-state index is 11.6. The highest BCUT2D eigenvalue weighted by molar-refractivity contribution is 8.00. The van der Waals surface area contributed by atoms with Crippen molar-refractivity contribution in [3.05, 3.63) is 34.9 Å². The van der Waals surface area contributed by atoms with Gasteiger partial charge in [-0.1, -0.05) is 29.8 Å². The van der Waals surface area contributed by atoms with E-state index in [0.29, 0.717) is 11.4 Å². The molecule has 0 radical (unpaired) electrons. The maximum absolute atomic E-state index is 11.6. The third-order valence-electron chi connectivity index (χ3n) is 2.35. The molecule has 1 rings (SSSR count). The van der Waals surface area contributed by atoms with Crippen molar-refractivity contribution in [3.63, 3.8) is 0 Å². The Kier molecular flexibility index (Phi) is 6.73. The molecule has 104 valence electrons. The van der Waals surface area contributed by atoms with Gasteiger partial charge in [0, 0.05) is 11.1 Å². The lowest BCUT2D eigenvalue weighted by atomic mass is 10.1. The number of nitrogens with one attached hydrogen (secondary N) is 1. The van der Waals surface area contributed by atoms with E-state index in [4.69, 9.17) is 16.7 Å². The molecule has 0 aliphatic rings. The minimum atomic E-state index is -0.915. The standard InChI is InChI=1S/C13H16ClNO3S/c1-9(6-10-4-2-3-5-11(10)14)15-12(16)7-19-8-13(17)18/h2-5,9H,6-8H2,1H3,(H,15,16)(H,17,18). The molecular formula is C13H16ClNO3S. The van der Waals surface area contributed by atoms with Gasteiger partial charge in [-0.05, 0) is 25.0 Å². The molecule has 0 bridgehead atoms. The Balaban J connectivity index is 2.34. The third-order valence-corrected chi connectivity index (χ3v) is 3.64. The Bertz CT molecular complexity index is 453. The average Bonchev–Trinajstić information content (AvgIpc) is 2.31. The van der Waals surface area contributed by atoms with E-state index in [1.807, 2.05) is 31.2 Å². The predicted octanol–water partition coefficient (Wildman–Crippen LogP) is 2.21. The second kappa shape index (κ2) is 8.07. The van der Waals surface area contributed by atoms with Crippen molar-refractivity contribution >= 4 is 35.2 Å². The zero-order chi connectivity index (χ0) is 14.3. The van der Waals surface area contributed by atoms with Gasteiger partial charge in [0.25, 0.3) is 0 Å². The van der Waals surface area contributed by atoms with Crippen LogP contribution in [-0.2, 0) is 16.0 Å². The van der Waals surface area contributed by atoms with Crippen LogP contribution < -0.4 is 5.32 Å². The molecule has 0 aromatic heterocycles. The number of halogens is 1. The van der Waals surface area contributed by atoms with Crippen molar-refractivity contribution in [3.8, 4) is 0 Å². The monoisotopic (exact) mass is 301 g/mol. The molecule has 4 nitrogen and oxygen atoms in total. The largest absolute Gasteiger partial charge is 0.481 e. The van der Waals surface area contributed by atoms with E-state index >= 15 is 0 Å². The summed E-state index contributed by atoms with van der Waals surface area (Å²) >= 11 is 7.12. The van der Waals surface area contributed by atoms with Gasteiger partial charge < -0.3 is 10.4 Å². The summed E-state index contributed by atoms with van der Waals surface area (Å²) in [4.78, 5) is 21.9. The predicted molar refractivity (Wildman–Crippen MR) is 77.7 cm³/mol. The van der Waals surface area contributed by atoms with Crippen LogP contribution in [0.25, 0.3) is 0 Å². The van der Waals surface area contributed by atoms with Crippen molar-refractivity contribution in [1.82, 2.24) is 5.32 Å². The van der Waals surface area contributed by atoms with Gasteiger partial charge in [0.15, 0.2) is 0 Å². The summed E-state index contributed by atoms with van der Waals surface area (Å²) in [6.45, 7) is 1.89. The highest BCUT2D eigenvalue weighted by atomic mass is 35.5. The minimum absolute atomic E-state index is 0.0437. The summed E-state index contributed by atoms with van der Waals surface area (Å²) in [7, 11) is 0. The van der Waals surface area contributed by atoms with Crippen LogP contribution >= 0.6 is 23.4 Å². The van der Waals surface area contributed by atoms with Gasteiger partial charge in [0.05, 0.1) is 11.5 Å². The van der Waals surface area contributed by atoms with Crippen LogP contribution in [-0.4, -0.2) is 34.5 Å². The molecule has 1 atom stereocenters. The lowest BCUT2D eigenvalue weighted by molar-refractivity contribution is -0.133. The Morgan fingerprint density at radius 1 is 1.37 bits per heavy atom. The van der Waals surface area contributed by atoms with Gasteiger partial charge in [0.2, 0.25) is 5.91 Å². The number of hydrogen-bond acceptors (Lipinski definition) is 3. The van der Waals surface area contributed by atoms with E-state index in [1.165, 1.54) is 0 Å². The number of aliphatic carboxylic acids is 1. The number of benzene rings is 1. The van der Waals surface area contributed by atoms with E-state index < -0.39 is 5.97 Å². The topological polar surface area (TPSA) is 66.4 Å². The molecule has 0 saturated carbocycles. The first-order valence-electron chi connectivity index (χ1n) is 5.81. The van der Waals surface area contributed by atoms with E-state index in [2.05, 4.69) is 5.32 Å². The molecule has 0 heterocycles. The summed E-state index contributed by atoms with van der Waals surface area (Å²) in [5.41, 5.74) is 0.982. The Labute approximate surface area is 121 Å². The van der Waals surface area contributed by atoms with Gasteiger partial charge >= 0.3 is 5.97 Å². The fourth-order valence-corrected chi connectivity index (χ4v) is 2.35. The van der Waals surface area contributed by atoms with Crippen molar-refractivity contribution in [2.45, 2.75) is 19.4 Å². The van der Waals surface area contributed by atoms with Crippen LogP contribution in [0.15, 0.2) is 24.3 Å². The Morgan fingerprint density at radius 3 is 2.68 bits per heavy atom. The summed E-state index contributed by atoms with van der Waals surface area (Å²) in [6.07, 6.45) is 0.648. The quantitative estimate of drug-likeness (QED) is 0.810. The van der Waals surface area contributed by atoms with E-state index in [0.717, 1.165) is 17.3 Å². The fraction of sp³-hybridized carbons (Fsp3) is 0.385. The van der Waals surface area contributed by atoms with Crippen LogP contribution in [0.2, 0.25) is 5.02 Å². The van der Waals surface area contributed by atoms with Gasteiger partial charge in [-0.3, -0.25) is 9.59 Å². The average molecular weight is 302 g/mol. The lowest BCUT2D eigenvalue weighted by Gasteiger charge is -2.14. The summed E-state index contributed by atoms with van der Waals surface area (Å²) in [5.74, 6) is -0.987. The number of carbonyl (C=O) groups excluding carboxylic acids is 1.